The van der Waals surface area contributed by atoms with E-state index in [1.165, 1.54) is 22.1 Å². The summed E-state index contributed by atoms with van der Waals surface area (Å²) in [6.07, 6.45) is 2.06. The molecule has 0 saturated heterocycles. The first kappa shape index (κ1) is 19.8. The first-order valence-corrected chi connectivity index (χ1v) is 11.7. The predicted molar refractivity (Wildman–Crippen MR) is 124 cm³/mol. The predicted octanol–water partition coefficient (Wildman–Crippen LogP) is 4.14. The van der Waals surface area contributed by atoms with Crippen LogP contribution in [0.3, 0.4) is 0 Å². The topological polar surface area (TPSA) is 81.8 Å². The lowest BCUT2D eigenvalue weighted by Gasteiger charge is -2.15. The van der Waals surface area contributed by atoms with Gasteiger partial charge >= 0.3 is 0 Å². The summed E-state index contributed by atoms with van der Waals surface area (Å²) in [5.41, 5.74) is 2.93. The SMILES string of the molecule is CC(C(=O)Nc1ccc(-c2cn3c(n2)SCC3)cc1)n1nc(-c2cccs2)ccc1=O. The molecule has 4 aromatic rings. The van der Waals surface area contributed by atoms with E-state index in [0.29, 0.717) is 11.4 Å². The van der Waals surface area contributed by atoms with Gasteiger partial charge in [-0.1, -0.05) is 30.0 Å². The lowest BCUT2D eigenvalue weighted by atomic mass is 10.1. The third-order valence-electron chi connectivity index (χ3n) is 5.10. The number of imidazole rings is 1. The van der Waals surface area contributed by atoms with Crippen molar-refractivity contribution in [1.29, 1.82) is 0 Å². The van der Waals surface area contributed by atoms with E-state index in [4.69, 9.17) is 0 Å². The zero-order valence-electron chi connectivity index (χ0n) is 16.7. The van der Waals surface area contributed by atoms with Crippen LogP contribution in [0.2, 0.25) is 0 Å². The molecule has 3 aromatic heterocycles. The van der Waals surface area contributed by atoms with Crippen LogP contribution in [0.5, 0.6) is 0 Å². The average Bonchev–Trinajstić information content (AvgIpc) is 3.52. The van der Waals surface area contributed by atoms with Crippen molar-refractivity contribution in [3.8, 4) is 21.8 Å². The van der Waals surface area contributed by atoms with Gasteiger partial charge in [-0.3, -0.25) is 9.59 Å². The summed E-state index contributed by atoms with van der Waals surface area (Å²) in [4.78, 5) is 30.7. The Morgan fingerprint density at radius 2 is 1.97 bits per heavy atom. The van der Waals surface area contributed by atoms with E-state index in [-0.39, 0.29) is 11.5 Å². The van der Waals surface area contributed by atoms with Crippen molar-refractivity contribution in [3.63, 3.8) is 0 Å². The van der Waals surface area contributed by atoms with Gasteiger partial charge in [0.1, 0.15) is 11.7 Å². The van der Waals surface area contributed by atoms with Gasteiger partial charge < -0.3 is 9.88 Å². The van der Waals surface area contributed by atoms with Gasteiger partial charge in [0, 0.05) is 35.8 Å². The zero-order chi connectivity index (χ0) is 21.4. The van der Waals surface area contributed by atoms with Crippen molar-refractivity contribution >= 4 is 34.7 Å². The molecule has 156 valence electrons. The van der Waals surface area contributed by atoms with E-state index >= 15 is 0 Å². The van der Waals surface area contributed by atoms with Crippen molar-refractivity contribution in [3.05, 3.63) is 70.5 Å². The molecule has 9 heteroatoms. The van der Waals surface area contributed by atoms with Crippen molar-refractivity contribution in [2.24, 2.45) is 0 Å². The maximum absolute atomic E-state index is 12.8. The molecule has 7 nitrogen and oxygen atoms in total. The van der Waals surface area contributed by atoms with Crippen molar-refractivity contribution in [2.75, 3.05) is 11.1 Å². The Morgan fingerprint density at radius 1 is 1.13 bits per heavy atom. The van der Waals surface area contributed by atoms with Crippen LogP contribution in [0, 0.1) is 0 Å². The third-order valence-corrected chi connectivity index (χ3v) is 6.96. The number of aryl methyl sites for hydroxylation is 1. The van der Waals surface area contributed by atoms with Gasteiger partial charge in [-0.25, -0.2) is 9.67 Å². The molecule has 0 aliphatic carbocycles. The summed E-state index contributed by atoms with van der Waals surface area (Å²) < 4.78 is 3.38. The summed E-state index contributed by atoms with van der Waals surface area (Å²) in [6, 6.07) is 13.8. The molecule has 1 unspecified atom stereocenters. The molecule has 1 atom stereocenters. The Kier molecular flexibility index (Phi) is 5.21. The number of amides is 1. The molecule has 0 saturated carbocycles. The number of carbonyl (C=O) groups excluding carboxylic acids is 1. The Bertz CT molecular complexity index is 1270. The molecule has 1 N–H and O–H groups in total. The van der Waals surface area contributed by atoms with Crippen LogP contribution in [0.1, 0.15) is 13.0 Å². The van der Waals surface area contributed by atoms with Gasteiger partial charge in [-0.15, -0.1) is 11.3 Å². The van der Waals surface area contributed by atoms with Crippen molar-refractivity contribution in [1.82, 2.24) is 19.3 Å². The molecule has 1 aromatic carbocycles. The minimum atomic E-state index is -0.750. The van der Waals surface area contributed by atoms with Crippen molar-refractivity contribution < 1.29 is 4.79 Å². The summed E-state index contributed by atoms with van der Waals surface area (Å²) in [5, 5.41) is 10.3. The maximum atomic E-state index is 12.8. The number of carbonyl (C=O) groups is 1. The first-order chi connectivity index (χ1) is 15.1. The maximum Gasteiger partial charge on any atom is 0.267 e. The monoisotopic (exact) mass is 449 g/mol. The van der Waals surface area contributed by atoms with Crippen LogP contribution in [0.15, 0.2) is 70.1 Å². The number of fused-ring (bicyclic) bond motifs is 1. The second kappa shape index (κ2) is 8.16. The van der Waals surface area contributed by atoms with E-state index in [1.54, 1.807) is 24.8 Å². The number of hydrogen-bond acceptors (Lipinski definition) is 6. The van der Waals surface area contributed by atoms with Crippen molar-refractivity contribution in [2.45, 2.75) is 24.7 Å². The number of anilines is 1. The molecule has 1 aliphatic rings. The lowest BCUT2D eigenvalue weighted by molar-refractivity contribution is -0.119. The second-order valence-corrected chi connectivity index (χ2v) is 9.18. The Morgan fingerprint density at radius 3 is 2.71 bits per heavy atom. The smallest absolute Gasteiger partial charge is 0.267 e. The molecule has 1 amide bonds. The summed E-state index contributed by atoms with van der Waals surface area (Å²) in [7, 11) is 0. The molecular formula is C22H19N5O2S2. The Hall–Kier alpha value is -3.17. The van der Waals surface area contributed by atoms with Gasteiger partial charge in [0.05, 0.1) is 10.6 Å². The minimum absolute atomic E-state index is 0.303. The fourth-order valence-electron chi connectivity index (χ4n) is 3.39. The number of benzene rings is 1. The molecule has 31 heavy (non-hydrogen) atoms. The van der Waals surface area contributed by atoms with E-state index in [1.807, 2.05) is 41.8 Å². The van der Waals surface area contributed by atoms with Gasteiger partial charge in [0.2, 0.25) is 5.91 Å². The van der Waals surface area contributed by atoms with Crippen LogP contribution in [0.25, 0.3) is 21.8 Å². The molecular weight excluding hydrogens is 430 g/mol. The van der Waals surface area contributed by atoms with Gasteiger partial charge in [-0.2, -0.15) is 5.10 Å². The summed E-state index contributed by atoms with van der Waals surface area (Å²) >= 11 is 3.29. The van der Waals surface area contributed by atoms with E-state index in [0.717, 1.165) is 33.6 Å². The molecule has 0 spiro atoms. The molecule has 5 rings (SSSR count). The van der Waals surface area contributed by atoms with Crippen LogP contribution < -0.4 is 10.9 Å². The molecule has 0 fully saturated rings. The summed E-state index contributed by atoms with van der Waals surface area (Å²) in [6.45, 7) is 2.65. The van der Waals surface area contributed by atoms with Crippen LogP contribution >= 0.6 is 23.1 Å². The highest BCUT2D eigenvalue weighted by atomic mass is 32.2. The lowest BCUT2D eigenvalue weighted by Crippen LogP contribution is -2.33. The quantitative estimate of drug-likeness (QED) is 0.495. The molecule has 0 bridgehead atoms. The first-order valence-electron chi connectivity index (χ1n) is 9.83. The van der Waals surface area contributed by atoms with E-state index in [9.17, 15) is 9.59 Å². The highest BCUT2D eigenvalue weighted by Gasteiger charge is 2.19. The highest BCUT2D eigenvalue weighted by molar-refractivity contribution is 7.99. The normalized spacial score (nSPS) is 13.7. The largest absolute Gasteiger partial charge is 0.325 e. The van der Waals surface area contributed by atoms with Gasteiger partial charge in [-0.05, 0) is 36.6 Å². The number of hydrogen-bond donors (Lipinski definition) is 1. The number of thiophene rings is 1. The molecule has 1 aliphatic heterocycles. The number of rotatable bonds is 5. The highest BCUT2D eigenvalue weighted by Crippen LogP contribution is 2.29. The van der Waals surface area contributed by atoms with Crippen LogP contribution in [-0.4, -0.2) is 31.0 Å². The standard InChI is InChI=1S/C22H19N5O2S2/c1-14(27-20(28)9-8-17(25-27)19-3-2-11-30-19)21(29)23-16-6-4-15(5-7-16)18-13-26-10-12-31-22(26)24-18/h2-9,11,13-14H,10,12H2,1H3,(H,23,29). The Labute approximate surface area is 186 Å². The second-order valence-electron chi connectivity index (χ2n) is 7.17. The molecule has 4 heterocycles. The Balaban J connectivity index is 1.32. The minimum Gasteiger partial charge on any atom is -0.325 e. The fraction of sp³-hybridized carbons (Fsp3) is 0.182. The van der Waals surface area contributed by atoms with E-state index < -0.39 is 6.04 Å². The number of nitrogens with one attached hydrogen (secondary N) is 1. The third kappa shape index (κ3) is 3.94. The van der Waals surface area contributed by atoms with Crippen LogP contribution in [0.4, 0.5) is 5.69 Å². The number of nitrogens with zero attached hydrogens (tertiary/aromatic N) is 4. The van der Waals surface area contributed by atoms with Gasteiger partial charge in [0.25, 0.3) is 5.56 Å². The van der Waals surface area contributed by atoms with Crippen LogP contribution in [-0.2, 0) is 11.3 Å². The summed E-state index contributed by atoms with van der Waals surface area (Å²) in [5.74, 6) is 0.767. The van der Waals surface area contributed by atoms with Gasteiger partial charge in [0.15, 0.2) is 5.16 Å². The average molecular weight is 450 g/mol. The number of aromatic nitrogens is 4. The van der Waals surface area contributed by atoms with E-state index in [2.05, 4.69) is 26.2 Å². The zero-order valence-corrected chi connectivity index (χ0v) is 18.3. The number of thioether (sulfide) groups is 1. The molecule has 0 radical (unpaired) electrons. The fourth-order valence-corrected chi connectivity index (χ4v) is 5.02.